The molecule has 0 spiro atoms. The predicted octanol–water partition coefficient (Wildman–Crippen LogP) is -0.799. The van der Waals surface area contributed by atoms with Crippen molar-refractivity contribution in [2.45, 2.75) is 0 Å². The van der Waals surface area contributed by atoms with E-state index in [4.69, 9.17) is 10.5 Å². The zero-order valence-electron chi connectivity index (χ0n) is 4.12. The summed E-state index contributed by atoms with van der Waals surface area (Å²) >= 11 is 5.53. The van der Waals surface area contributed by atoms with Crippen molar-refractivity contribution in [2.24, 2.45) is 0 Å². The molecule has 0 rings (SSSR count). The second-order valence-corrected chi connectivity index (χ2v) is 6.16. The molecule has 0 fully saturated rings. The van der Waals surface area contributed by atoms with Crippen molar-refractivity contribution in [1.82, 2.24) is 0 Å². The molecule has 44 valence electrons. The molecule has 5 heteroatoms. The predicted molar refractivity (Wildman–Crippen MR) is 35.5 cm³/mol. The van der Waals surface area contributed by atoms with Gasteiger partial charge in [-0.1, -0.05) is 0 Å². The van der Waals surface area contributed by atoms with Gasteiger partial charge in [0.15, 0.2) is 0 Å². The van der Waals surface area contributed by atoms with Crippen LogP contribution < -0.4 is 0 Å². The van der Waals surface area contributed by atoms with Gasteiger partial charge in [0.05, 0.1) is 0 Å². The average molecular weight is 313 g/mol. The molecule has 0 aliphatic heterocycles. The Morgan fingerprint density at radius 3 is 1.89 bits per heavy atom. The summed E-state index contributed by atoms with van der Waals surface area (Å²) in [6.07, 6.45) is 0. The number of rotatable bonds is 1. The van der Waals surface area contributed by atoms with Gasteiger partial charge in [0.2, 0.25) is 0 Å². The van der Waals surface area contributed by atoms with E-state index in [1.807, 2.05) is 0 Å². The summed E-state index contributed by atoms with van der Waals surface area (Å²) in [6.45, 7) is 0. The molecule has 0 aromatic rings. The fraction of sp³-hybridized carbons (Fsp3) is 0. The van der Waals surface area contributed by atoms with E-state index in [0.29, 0.717) is 0 Å². The van der Waals surface area contributed by atoms with Crippen LogP contribution in [0, 0.1) is 22.7 Å². The first kappa shape index (κ1) is 9.28. The summed E-state index contributed by atoms with van der Waals surface area (Å²) < 4.78 is 0.743. The summed E-state index contributed by atoms with van der Waals surface area (Å²) in [7, 11) is 0. The maximum atomic E-state index is 8.27. The molecular formula is C4N2Se3. The molecule has 0 N–H and O–H groups in total. The van der Waals surface area contributed by atoms with Crippen molar-refractivity contribution in [3.63, 3.8) is 0 Å². The SMILES string of the molecule is N#CC(C#N)=C([Se])[Se][Se]. The first-order valence-corrected chi connectivity index (χ1v) is 7.82. The van der Waals surface area contributed by atoms with Crippen LogP contribution in [0.2, 0.25) is 0 Å². The third-order valence-electron chi connectivity index (χ3n) is 0.503. The Kier molecular flexibility index (Phi) is 5.25. The van der Waals surface area contributed by atoms with Crippen LogP contribution >= 0.6 is 0 Å². The summed E-state index contributed by atoms with van der Waals surface area (Å²) in [4.78, 5) is 0. The van der Waals surface area contributed by atoms with E-state index in [9.17, 15) is 0 Å². The molecule has 0 atom stereocenters. The molecule has 0 saturated carbocycles. The normalized spacial score (nSPS) is 7.00. The van der Waals surface area contributed by atoms with Gasteiger partial charge >= 0.3 is 74.9 Å². The minimum atomic E-state index is 0.112. The molecule has 0 amide bonds. The zero-order chi connectivity index (χ0) is 7.28. The van der Waals surface area contributed by atoms with Crippen LogP contribution in [0.3, 0.4) is 0 Å². The Balaban J connectivity index is 4.49. The first-order valence-electron chi connectivity index (χ1n) is 1.77. The van der Waals surface area contributed by atoms with Gasteiger partial charge in [-0.2, -0.15) is 0 Å². The molecule has 0 heterocycles. The van der Waals surface area contributed by atoms with Gasteiger partial charge in [-0.05, 0) is 0 Å². The van der Waals surface area contributed by atoms with Crippen LogP contribution in [0.15, 0.2) is 8.94 Å². The van der Waals surface area contributed by atoms with Crippen molar-refractivity contribution >= 4 is 43.3 Å². The van der Waals surface area contributed by atoms with Crippen LogP contribution in [0.5, 0.6) is 0 Å². The number of nitriles is 2. The van der Waals surface area contributed by atoms with Crippen LogP contribution in [-0.2, 0) is 0 Å². The molecule has 0 bridgehead atoms. The molecule has 2 radical (unpaired) electrons. The molecule has 2 nitrogen and oxygen atoms in total. The van der Waals surface area contributed by atoms with Gasteiger partial charge < -0.3 is 0 Å². The molecular weight excluding hydrogens is 313 g/mol. The maximum absolute atomic E-state index is 8.27. The van der Waals surface area contributed by atoms with Crippen molar-refractivity contribution in [1.29, 1.82) is 10.5 Å². The van der Waals surface area contributed by atoms with Gasteiger partial charge in [-0.3, -0.25) is 0 Å². The quantitative estimate of drug-likeness (QED) is 0.470. The molecule has 0 unspecified atom stereocenters. The van der Waals surface area contributed by atoms with E-state index < -0.39 is 0 Å². The summed E-state index contributed by atoms with van der Waals surface area (Å²) in [5, 5.41) is 16.5. The topological polar surface area (TPSA) is 47.6 Å². The Hall–Kier alpha value is 0.278. The second kappa shape index (κ2) is 5.09. The van der Waals surface area contributed by atoms with E-state index in [-0.39, 0.29) is 18.7 Å². The Labute approximate surface area is 74.6 Å². The van der Waals surface area contributed by atoms with Crippen molar-refractivity contribution in [3.05, 3.63) is 8.94 Å². The fourth-order valence-corrected chi connectivity index (χ4v) is 1.62. The van der Waals surface area contributed by atoms with E-state index in [2.05, 4.69) is 30.2 Å². The fourth-order valence-electron chi connectivity index (χ4n) is 0.158. The van der Waals surface area contributed by atoms with Crippen LogP contribution in [0.1, 0.15) is 0 Å². The third-order valence-corrected chi connectivity index (χ3v) is 7.18. The molecule has 0 aliphatic rings. The molecule has 9 heavy (non-hydrogen) atoms. The van der Waals surface area contributed by atoms with Crippen molar-refractivity contribution in [3.8, 4) is 12.1 Å². The van der Waals surface area contributed by atoms with Crippen molar-refractivity contribution < 1.29 is 0 Å². The summed E-state index contributed by atoms with van der Waals surface area (Å²) in [5.41, 5.74) is 0.189. The average Bonchev–Trinajstić information content (AvgIpc) is 1.90. The van der Waals surface area contributed by atoms with E-state index >= 15 is 0 Å². The van der Waals surface area contributed by atoms with Crippen LogP contribution in [0.25, 0.3) is 0 Å². The van der Waals surface area contributed by atoms with E-state index in [1.54, 1.807) is 12.1 Å². The zero-order valence-corrected chi connectivity index (χ0v) is 9.26. The van der Waals surface area contributed by atoms with Crippen molar-refractivity contribution in [2.75, 3.05) is 0 Å². The molecule has 0 aromatic carbocycles. The van der Waals surface area contributed by atoms with E-state index in [0.717, 1.165) is 3.37 Å². The first-order chi connectivity index (χ1) is 4.26. The van der Waals surface area contributed by atoms with Gasteiger partial charge in [-0.15, -0.1) is 0 Å². The number of allylic oxidation sites excluding steroid dienone is 1. The Morgan fingerprint density at radius 2 is 1.78 bits per heavy atom. The summed E-state index contributed by atoms with van der Waals surface area (Å²) in [6, 6.07) is 3.57. The minimum absolute atomic E-state index is 0.112. The molecule has 0 aliphatic carbocycles. The van der Waals surface area contributed by atoms with Gasteiger partial charge in [0.1, 0.15) is 0 Å². The second-order valence-electron chi connectivity index (χ2n) is 0.969. The third kappa shape index (κ3) is 3.09. The van der Waals surface area contributed by atoms with Crippen LogP contribution in [-0.4, -0.2) is 43.3 Å². The molecule has 0 aromatic heterocycles. The summed E-state index contributed by atoms with van der Waals surface area (Å²) in [5.74, 6) is 0. The van der Waals surface area contributed by atoms with Gasteiger partial charge in [-0.25, -0.2) is 0 Å². The molecule has 0 saturated heterocycles. The number of hydrogen-bond acceptors (Lipinski definition) is 2. The van der Waals surface area contributed by atoms with E-state index in [1.165, 1.54) is 0 Å². The standard InChI is InChI=1S/C4N2Se3/c5-1-3(2-6)4(7)9-8. The van der Waals surface area contributed by atoms with Crippen LogP contribution in [0.4, 0.5) is 0 Å². The number of nitrogens with zero attached hydrogens (tertiary/aromatic N) is 2. The number of hydrogen-bond donors (Lipinski definition) is 0. The van der Waals surface area contributed by atoms with Gasteiger partial charge in [0, 0.05) is 0 Å². The van der Waals surface area contributed by atoms with Gasteiger partial charge in [0.25, 0.3) is 0 Å². The monoisotopic (exact) mass is 316 g/mol. The Morgan fingerprint density at radius 1 is 1.33 bits per heavy atom. The Bertz CT molecular complexity index is 191.